The lowest BCUT2D eigenvalue weighted by molar-refractivity contribution is 0.141. The van der Waals surface area contributed by atoms with Crippen LogP contribution in [0.4, 0.5) is 0 Å². The van der Waals surface area contributed by atoms with E-state index in [0.717, 1.165) is 12.0 Å². The minimum atomic E-state index is 0.618. The third kappa shape index (κ3) is 1.10. The highest BCUT2D eigenvalue weighted by Crippen LogP contribution is 2.44. The summed E-state index contributed by atoms with van der Waals surface area (Å²) < 4.78 is 0. The average Bonchev–Trinajstić information content (AvgIpc) is 2.44. The molecule has 0 aromatic heterocycles. The summed E-state index contributed by atoms with van der Waals surface area (Å²) in [6, 6.07) is 0.875. The number of nitrogens with one attached hydrogen (secondary N) is 1. The molecule has 1 saturated carbocycles. The van der Waals surface area contributed by atoms with Crippen molar-refractivity contribution in [3.05, 3.63) is 0 Å². The maximum atomic E-state index is 3.65. The molecule has 1 nitrogen and oxygen atoms in total. The second-order valence-corrected chi connectivity index (χ2v) is 4.60. The molecule has 0 amide bonds. The monoisotopic (exact) mass is 153 g/mol. The van der Waals surface area contributed by atoms with Crippen LogP contribution < -0.4 is 5.32 Å². The smallest absolute Gasteiger partial charge is 0.00702 e. The van der Waals surface area contributed by atoms with Crippen LogP contribution in [0, 0.1) is 11.3 Å². The highest BCUT2D eigenvalue weighted by molar-refractivity contribution is 4.96. The van der Waals surface area contributed by atoms with Gasteiger partial charge in [0.25, 0.3) is 0 Å². The minimum absolute atomic E-state index is 0.618. The lowest BCUT2D eigenvalue weighted by atomic mass is 9.72. The van der Waals surface area contributed by atoms with Crippen LogP contribution in [0.1, 0.15) is 39.5 Å². The molecule has 0 spiro atoms. The van der Waals surface area contributed by atoms with Gasteiger partial charge in [-0.25, -0.2) is 0 Å². The Hall–Kier alpha value is -0.0400. The van der Waals surface area contributed by atoms with Gasteiger partial charge >= 0.3 is 0 Å². The Morgan fingerprint density at radius 3 is 3.00 bits per heavy atom. The van der Waals surface area contributed by atoms with Crippen molar-refractivity contribution in [1.82, 2.24) is 5.32 Å². The van der Waals surface area contributed by atoms with E-state index in [1.807, 2.05) is 0 Å². The van der Waals surface area contributed by atoms with Crippen LogP contribution >= 0.6 is 0 Å². The van der Waals surface area contributed by atoms with Crippen molar-refractivity contribution < 1.29 is 0 Å². The van der Waals surface area contributed by atoms with Gasteiger partial charge in [-0.2, -0.15) is 0 Å². The number of hydrogen-bond acceptors (Lipinski definition) is 1. The lowest BCUT2D eigenvalue weighted by Gasteiger charge is -2.39. The fourth-order valence-corrected chi connectivity index (χ4v) is 2.74. The molecule has 64 valence electrons. The molecule has 2 rings (SSSR count). The summed E-state index contributed by atoms with van der Waals surface area (Å²) in [5, 5.41) is 3.65. The predicted octanol–water partition coefficient (Wildman–Crippen LogP) is 2.17. The largest absolute Gasteiger partial charge is 0.313 e. The van der Waals surface area contributed by atoms with Gasteiger partial charge in [-0.15, -0.1) is 0 Å². The average molecular weight is 153 g/mol. The van der Waals surface area contributed by atoms with Crippen molar-refractivity contribution >= 4 is 0 Å². The third-order valence-corrected chi connectivity index (χ3v) is 4.02. The summed E-state index contributed by atoms with van der Waals surface area (Å²) >= 11 is 0. The van der Waals surface area contributed by atoms with Crippen LogP contribution in [-0.4, -0.2) is 12.6 Å². The standard InChI is InChI=1S/C10H19N/c1-3-10(2)7-11-9-5-4-8(10)6-9/h8-9,11H,3-7H2,1-2H3. The molecule has 3 unspecified atom stereocenters. The summed E-state index contributed by atoms with van der Waals surface area (Å²) in [6.07, 6.45) is 5.70. The van der Waals surface area contributed by atoms with Crippen molar-refractivity contribution in [2.45, 2.75) is 45.6 Å². The van der Waals surface area contributed by atoms with E-state index in [1.54, 1.807) is 0 Å². The van der Waals surface area contributed by atoms with Gasteiger partial charge in [0.15, 0.2) is 0 Å². The molecular formula is C10H19N. The molecule has 1 heteroatoms. The molecule has 2 aliphatic rings. The van der Waals surface area contributed by atoms with Gasteiger partial charge < -0.3 is 5.32 Å². The Kier molecular flexibility index (Phi) is 1.71. The number of hydrogen-bond donors (Lipinski definition) is 1. The van der Waals surface area contributed by atoms with Gasteiger partial charge in [0.2, 0.25) is 0 Å². The van der Waals surface area contributed by atoms with Crippen LogP contribution in [0.25, 0.3) is 0 Å². The predicted molar refractivity (Wildman–Crippen MR) is 47.5 cm³/mol. The first-order valence-electron chi connectivity index (χ1n) is 4.98. The van der Waals surface area contributed by atoms with Crippen LogP contribution in [0.3, 0.4) is 0 Å². The second-order valence-electron chi connectivity index (χ2n) is 4.60. The van der Waals surface area contributed by atoms with E-state index >= 15 is 0 Å². The molecule has 3 atom stereocenters. The topological polar surface area (TPSA) is 12.0 Å². The van der Waals surface area contributed by atoms with E-state index in [4.69, 9.17) is 0 Å². The summed E-state index contributed by atoms with van der Waals surface area (Å²) in [7, 11) is 0. The zero-order valence-electron chi connectivity index (χ0n) is 7.69. The molecule has 1 heterocycles. The molecule has 0 radical (unpaired) electrons. The maximum absolute atomic E-state index is 3.65. The normalized spacial score (nSPS) is 49.6. The van der Waals surface area contributed by atoms with Crippen LogP contribution in [0.5, 0.6) is 0 Å². The van der Waals surface area contributed by atoms with E-state index < -0.39 is 0 Å². The molecule has 1 aliphatic heterocycles. The van der Waals surface area contributed by atoms with Gasteiger partial charge in [0.1, 0.15) is 0 Å². The summed E-state index contributed by atoms with van der Waals surface area (Å²) in [4.78, 5) is 0. The highest BCUT2D eigenvalue weighted by Gasteiger charge is 2.42. The Morgan fingerprint density at radius 2 is 2.27 bits per heavy atom. The maximum Gasteiger partial charge on any atom is 0.00702 e. The fraction of sp³-hybridized carbons (Fsp3) is 1.00. The first kappa shape index (κ1) is 7.60. The van der Waals surface area contributed by atoms with Crippen molar-refractivity contribution in [2.75, 3.05) is 6.54 Å². The van der Waals surface area contributed by atoms with E-state index in [2.05, 4.69) is 19.2 Å². The van der Waals surface area contributed by atoms with Crippen LogP contribution in [0.2, 0.25) is 0 Å². The molecule has 2 fully saturated rings. The van der Waals surface area contributed by atoms with Crippen LogP contribution in [0.15, 0.2) is 0 Å². The number of rotatable bonds is 1. The van der Waals surface area contributed by atoms with E-state index in [0.29, 0.717) is 5.41 Å². The SMILES string of the molecule is CCC1(C)CNC2CCC1C2. The van der Waals surface area contributed by atoms with Crippen molar-refractivity contribution in [3.63, 3.8) is 0 Å². The lowest BCUT2D eigenvalue weighted by Crippen LogP contribution is -2.44. The Labute approximate surface area is 69.6 Å². The fourth-order valence-electron chi connectivity index (χ4n) is 2.74. The molecule has 11 heavy (non-hydrogen) atoms. The van der Waals surface area contributed by atoms with E-state index in [1.165, 1.54) is 32.2 Å². The quantitative estimate of drug-likeness (QED) is 0.609. The van der Waals surface area contributed by atoms with E-state index in [9.17, 15) is 0 Å². The molecule has 1 saturated heterocycles. The molecule has 0 aromatic rings. The molecule has 2 bridgehead atoms. The summed E-state index contributed by atoms with van der Waals surface area (Å²) in [5.41, 5.74) is 0.618. The van der Waals surface area contributed by atoms with Crippen LogP contribution in [-0.2, 0) is 0 Å². The highest BCUT2D eigenvalue weighted by atomic mass is 15.0. The number of piperidine rings is 1. The van der Waals surface area contributed by atoms with E-state index in [-0.39, 0.29) is 0 Å². The second kappa shape index (κ2) is 2.48. The Balaban J connectivity index is 2.12. The van der Waals surface area contributed by atoms with Crippen molar-refractivity contribution in [2.24, 2.45) is 11.3 Å². The summed E-state index contributed by atoms with van der Waals surface area (Å²) in [6.45, 7) is 6.05. The van der Waals surface area contributed by atoms with Crippen molar-refractivity contribution in [3.8, 4) is 0 Å². The molecular weight excluding hydrogens is 134 g/mol. The third-order valence-electron chi connectivity index (χ3n) is 4.02. The zero-order valence-corrected chi connectivity index (χ0v) is 7.69. The van der Waals surface area contributed by atoms with Gasteiger partial charge in [-0.1, -0.05) is 13.8 Å². The van der Waals surface area contributed by atoms with Crippen molar-refractivity contribution in [1.29, 1.82) is 0 Å². The van der Waals surface area contributed by atoms with Gasteiger partial charge in [-0.3, -0.25) is 0 Å². The molecule has 0 aromatic carbocycles. The first-order chi connectivity index (χ1) is 5.24. The molecule has 1 N–H and O–H groups in total. The Bertz CT molecular complexity index is 155. The van der Waals surface area contributed by atoms with Gasteiger partial charge in [0.05, 0.1) is 0 Å². The van der Waals surface area contributed by atoms with Gasteiger partial charge in [0, 0.05) is 12.6 Å². The van der Waals surface area contributed by atoms with Gasteiger partial charge in [-0.05, 0) is 37.0 Å². The summed E-state index contributed by atoms with van der Waals surface area (Å²) in [5.74, 6) is 1.03. The Morgan fingerprint density at radius 1 is 1.45 bits per heavy atom. The zero-order chi connectivity index (χ0) is 7.90. The minimum Gasteiger partial charge on any atom is -0.313 e. The number of fused-ring (bicyclic) bond motifs is 2. The first-order valence-corrected chi connectivity index (χ1v) is 4.98. The molecule has 1 aliphatic carbocycles.